The monoisotopic (exact) mass is 437 g/mol. The molecule has 4 aromatic rings. The van der Waals surface area contributed by atoms with E-state index in [0.29, 0.717) is 39.9 Å². The van der Waals surface area contributed by atoms with Crippen LogP contribution in [0.15, 0.2) is 36.7 Å². The molecule has 1 saturated heterocycles. The Morgan fingerprint density at radius 2 is 2.00 bits per heavy atom. The van der Waals surface area contributed by atoms with Crippen molar-refractivity contribution in [1.82, 2.24) is 15.0 Å². The van der Waals surface area contributed by atoms with Crippen molar-refractivity contribution in [2.24, 2.45) is 0 Å². The van der Waals surface area contributed by atoms with Crippen LogP contribution in [0, 0.1) is 12.7 Å². The summed E-state index contributed by atoms with van der Waals surface area (Å²) in [4.78, 5) is 11.7. The molecule has 5 rings (SSSR count). The number of nitrogens with zero attached hydrogens (tertiary/aromatic N) is 2. The molecule has 0 radical (unpaired) electrons. The number of aromatic amines is 1. The zero-order valence-electron chi connectivity index (χ0n) is 18.0. The Kier molecular flexibility index (Phi) is 5.53. The van der Waals surface area contributed by atoms with Crippen LogP contribution in [0.25, 0.3) is 21.8 Å². The zero-order valence-corrected chi connectivity index (χ0v) is 18.0. The van der Waals surface area contributed by atoms with Crippen LogP contribution in [0.1, 0.15) is 25.0 Å². The molecule has 1 N–H and O–H groups in total. The number of aromatic nitrogens is 3. The van der Waals surface area contributed by atoms with E-state index in [0.717, 1.165) is 31.6 Å². The summed E-state index contributed by atoms with van der Waals surface area (Å²) in [5, 5.41) is 1.06. The Morgan fingerprint density at radius 3 is 2.81 bits per heavy atom. The Bertz CT molecular complexity index is 1270. The molecule has 1 aliphatic heterocycles. The van der Waals surface area contributed by atoms with Gasteiger partial charge in [0.1, 0.15) is 12.9 Å². The Morgan fingerprint density at radius 1 is 1.09 bits per heavy atom. The number of benzene rings is 2. The lowest BCUT2D eigenvalue weighted by molar-refractivity contribution is -0.0114. The van der Waals surface area contributed by atoms with Gasteiger partial charge in [0.15, 0.2) is 23.1 Å². The zero-order chi connectivity index (χ0) is 22.1. The molecule has 166 valence electrons. The number of halogens is 1. The molecule has 3 heterocycles. The standard InChI is InChI=1S/C24H24FN3O4/c1-14-9-16-18(28-14)6-7-20(23(16)25)32-24-17-10-21(29-2)22(11-19(17)26-13-27-24)31-12-15-5-3-4-8-30-15/h6-7,9-11,13,15,28H,3-5,8,12H2,1-2H3/t15-/m1/s1. The molecule has 32 heavy (non-hydrogen) atoms. The van der Waals surface area contributed by atoms with Gasteiger partial charge in [-0.25, -0.2) is 14.4 Å². The van der Waals surface area contributed by atoms with E-state index in [1.165, 1.54) is 6.33 Å². The number of aryl methyl sites for hydroxylation is 1. The summed E-state index contributed by atoms with van der Waals surface area (Å²) in [6.45, 7) is 3.09. The van der Waals surface area contributed by atoms with E-state index < -0.39 is 5.82 Å². The third kappa shape index (κ3) is 3.93. The molecule has 2 aromatic heterocycles. The molecule has 0 amide bonds. The lowest BCUT2D eigenvalue weighted by Gasteiger charge is -2.23. The quantitative estimate of drug-likeness (QED) is 0.441. The van der Waals surface area contributed by atoms with Crippen LogP contribution in [-0.2, 0) is 4.74 Å². The topological polar surface area (TPSA) is 78.5 Å². The van der Waals surface area contributed by atoms with Crippen LogP contribution in [0.5, 0.6) is 23.1 Å². The van der Waals surface area contributed by atoms with Crippen molar-refractivity contribution in [3.05, 3.63) is 48.2 Å². The number of hydrogen-bond donors (Lipinski definition) is 1. The summed E-state index contributed by atoms with van der Waals surface area (Å²) in [5.41, 5.74) is 2.19. The van der Waals surface area contributed by atoms with Crippen LogP contribution in [0.4, 0.5) is 4.39 Å². The summed E-state index contributed by atoms with van der Waals surface area (Å²) in [7, 11) is 1.57. The number of ether oxygens (including phenoxy) is 4. The summed E-state index contributed by atoms with van der Waals surface area (Å²) >= 11 is 0. The molecule has 1 atom stereocenters. The summed E-state index contributed by atoms with van der Waals surface area (Å²) in [5.74, 6) is 0.962. The van der Waals surface area contributed by atoms with Gasteiger partial charge >= 0.3 is 0 Å². The third-order valence-electron chi connectivity index (χ3n) is 5.63. The maximum absolute atomic E-state index is 15.0. The molecular formula is C24H24FN3O4. The van der Waals surface area contributed by atoms with Crippen molar-refractivity contribution in [2.75, 3.05) is 20.3 Å². The fourth-order valence-corrected chi connectivity index (χ4v) is 3.99. The maximum Gasteiger partial charge on any atom is 0.230 e. The highest BCUT2D eigenvalue weighted by molar-refractivity contribution is 5.87. The first kappa shape index (κ1) is 20.5. The molecular weight excluding hydrogens is 413 g/mol. The average Bonchev–Trinajstić information content (AvgIpc) is 3.21. The van der Waals surface area contributed by atoms with Gasteiger partial charge in [0, 0.05) is 29.3 Å². The van der Waals surface area contributed by atoms with Gasteiger partial charge in [0.25, 0.3) is 0 Å². The number of fused-ring (bicyclic) bond motifs is 2. The first-order valence-electron chi connectivity index (χ1n) is 10.6. The molecule has 0 saturated carbocycles. The fraction of sp³-hybridized carbons (Fsp3) is 0.333. The second-order valence-corrected chi connectivity index (χ2v) is 7.89. The molecule has 1 aliphatic rings. The van der Waals surface area contributed by atoms with Gasteiger partial charge in [-0.1, -0.05) is 0 Å². The number of nitrogens with one attached hydrogen (secondary N) is 1. The summed E-state index contributed by atoms with van der Waals surface area (Å²) in [6.07, 6.45) is 4.67. The molecule has 8 heteroatoms. The van der Waals surface area contributed by atoms with Crippen LogP contribution >= 0.6 is 0 Å². The molecule has 0 aliphatic carbocycles. The van der Waals surface area contributed by atoms with Crippen molar-refractivity contribution >= 4 is 21.8 Å². The second kappa shape index (κ2) is 8.63. The molecule has 0 unspecified atom stereocenters. The minimum absolute atomic E-state index is 0.0726. The number of rotatable bonds is 6. The molecule has 2 aromatic carbocycles. The first-order chi connectivity index (χ1) is 15.6. The van der Waals surface area contributed by atoms with Gasteiger partial charge in [-0.15, -0.1) is 0 Å². The highest BCUT2D eigenvalue weighted by Crippen LogP contribution is 2.37. The van der Waals surface area contributed by atoms with Gasteiger partial charge in [0.2, 0.25) is 5.88 Å². The lowest BCUT2D eigenvalue weighted by Crippen LogP contribution is -2.25. The van der Waals surface area contributed by atoms with Gasteiger partial charge < -0.3 is 23.9 Å². The van der Waals surface area contributed by atoms with E-state index in [2.05, 4.69) is 15.0 Å². The predicted octanol–water partition coefficient (Wildman–Crippen LogP) is 5.31. The predicted molar refractivity (Wildman–Crippen MR) is 118 cm³/mol. The second-order valence-electron chi connectivity index (χ2n) is 7.89. The largest absolute Gasteiger partial charge is 0.493 e. The molecule has 0 bridgehead atoms. The Balaban J connectivity index is 1.46. The van der Waals surface area contributed by atoms with Crippen LogP contribution in [-0.4, -0.2) is 41.4 Å². The van der Waals surface area contributed by atoms with E-state index in [-0.39, 0.29) is 17.7 Å². The van der Waals surface area contributed by atoms with Gasteiger partial charge in [-0.3, -0.25) is 0 Å². The highest BCUT2D eigenvalue weighted by Gasteiger charge is 2.19. The van der Waals surface area contributed by atoms with Crippen molar-refractivity contribution < 1.29 is 23.3 Å². The summed E-state index contributed by atoms with van der Waals surface area (Å²) in [6, 6.07) is 8.64. The van der Waals surface area contributed by atoms with E-state index in [1.807, 2.05) is 6.92 Å². The third-order valence-corrected chi connectivity index (χ3v) is 5.63. The minimum Gasteiger partial charge on any atom is -0.493 e. The highest BCUT2D eigenvalue weighted by atomic mass is 19.1. The first-order valence-corrected chi connectivity index (χ1v) is 10.6. The van der Waals surface area contributed by atoms with Crippen molar-refractivity contribution in [3.63, 3.8) is 0 Å². The van der Waals surface area contributed by atoms with Crippen LogP contribution in [0.3, 0.4) is 0 Å². The number of hydrogen-bond acceptors (Lipinski definition) is 6. The van der Waals surface area contributed by atoms with Crippen molar-refractivity contribution in [1.29, 1.82) is 0 Å². The normalized spacial score (nSPS) is 16.4. The molecule has 1 fully saturated rings. The maximum atomic E-state index is 15.0. The smallest absolute Gasteiger partial charge is 0.230 e. The van der Waals surface area contributed by atoms with E-state index in [4.69, 9.17) is 18.9 Å². The van der Waals surface area contributed by atoms with Gasteiger partial charge in [-0.05, 0) is 50.5 Å². The summed E-state index contributed by atoms with van der Waals surface area (Å²) < 4.78 is 38.1. The van der Waals surface area contributed by atoms with E-state index >= 15 is 4.39 Å². The van der Waals surface area contributed by atoms with Crippen molar-refractivity contribution in [3.8, 4) is 23.1 Å². The van der Waals surface area contributed by atoms with Crippen molar-refractivity contribution in [2.45, 2.75) is 32.3 Å². The van der Waals surface area contributed by atoms with E-state index in [1.54, 1.807) is 37.4 Å². The fourth-order valence-electron chi connectivity index (χ4n) is 3.99. The lowest BCUT2D eigenvalue weighted by atomic mass is 10.1. The minimum atomic E-state index is -0.446. The average molecular weight is 437 g/mol. The number of H-pyrrole nitrogens is 1. The van der Waals surface area contributed by atoms with Gasteiger partial charge in [-0.2, -0.15) is 0 Å². The molecule has 0 spiro atoms. The molecule has 7 nitrogen and oxygen atoms in total. The number of methoxy groups -OCH3 is 1. The Labute approximate surface area is 184 Å². The SMILES string of the molecule is COc1cc2c(Oc3ccc4[nH]c(C)cc4c3F)ncnc2cc1OC[C@H]1CCCCO1. The Hall–Kier alpha value is -3.39. The van der Waals surface area contributed by atoms with Crippen LogP contribution in [0.2, 0.25) is 0 Å². The van der Waals surface area contributed by atoms with E-state index in [9.17, 15) is 0 Å². The van der Waals surface area contributed by atoms with Crippen LogP contribution < -0.4 is 14.2 Å². The van der Waals surface area contributed by atoms with Gasteiger partial charge in [0.05, 0.1) is 24.1 Å².